The Kier molecular flexibility index (Phi) is 2.44. The van der Waals surface area contributed by atoms with E-state index in [2.05, 4.69) is 0 Å². The molecule has 1 rings (SSSR count). The molecule has 2 unspecified atom stereocenters. The van der Waals surface area contributed by atoms with Crippen molar-refractivity contribution in [3.8, 4) is 0 Å². The summed E-state index contributed by atoms with van der Waals surface area (Å²) >= 11 is 0. The van der Waals surface area contributed by atoms with E-state index in [1.165, 1.54) is 25.2 Å². The Morgan fingerprint density at radius 1 is 1.50 bits per heavy atom. The summed E-state index contributed by atoms with van der Waals surface area (Å²) in [5, 5.41) is 17.6. The maximum Gasteiger partial charge on any atom is 0.333 e. The molecule has 0 bridgehead atoms. The number of aliphatic carboxylic acids is 2. The molecular formula is C9H11NO4. The minimum Gasteiger partial charge on any atom is -0.481 e. The smallest absolute Gasteiger partial charge is 0.333 e. The molecule has 1 aliphatic carbocycles. The average Bonchev–Trinajstić information content (AvgIpc) is 2.01. The highest BCUT2D eigenvalue weighted by atomic mass is 16.4. The van der Waals surface area contributed by atoms with E-state index in [0.717, 1.165) is 0 Å². The van der Waals surface area contributed by atoms with Crippen LogP contribution in [0.4, 0.5) is 0 Å². The van der Waals surface area contributed by atoms with Crippen LogP contribution in [0.2, 0.25) is 0 Å². The average molecular weight is 197 g/mol. The van der Waals surface area contributed by atoms with Crippen LogP contribution in [-0.2, 0) is 9.59 Å². The fraction of sp³-hybridized carbons (Fsp3) is 0.333. The number of carboxylic acid groups (broad SMARTS) is 2. The molecule has 0 aliphatic heterocycles. The van der Waals surface area contributed by atoms with Gasteiger partial charge in [-0.3, -0.25) is 4.79 Å². The lowest BCUT2D eigenvalue weighted by Gasteiger charge is -2.31. The van der Waals surface area contributed by atoms with E-state index in [1.807, 2.05) is 0 Å². The molecule has 5 nitrogen and oxygen atoms in total. The molecule has 14 heavy (non-hydrogen) atoms. The Morgan fingerprint density at radius 2 is 2.07 bits per heavy atom. The summed E-state index contributed by atoms with van der Waals surface area (Å²) in [6.07, 6.45) is 4.10. The molecule has 0 amide bonds. The van der Waals surface area contributed by atoms with Crippen LogP contribution in [0.5, 0.6) is 0 Å². The second kappa shape index (κ2) is 3.26. The Morgan fingerprint density at radius 3 is 2.50 bits per heavy atom. The molecule has 4 N–H and O–H groups in total. The highest BCUT2D eigenvalue weighted by Gasteiger charge is 2.41. The van der Waals surface area contributed by atoms with Crippen LogP contribution in [0.25, 0.3) is 0 Å². The lowest BCUT2D eigenvalue weighted by Crippen LogP contribution is -2.51. The largest absolute Gasteiger partial charge is 0.481 e. The number of hydrogen-bond acceptors (Lipinski definition) is 3. The van der Waals surface area contributed by atoms with Crippen molar-refractivity contribution in [2.45, 2.75) is 12.5 Å². The van der Waals surface area contributed by atoms with Crippen molar-refractivity contribution < 1.29 is 19.8 Å². The zero-order chi connectivity index (χ0) is 10.9. The van der Waals surface area contributed by atoms with Crippen molar-refractivity contribution in [1.82, 2.24) is 0 Å². The second-order valence-corrected chi connectivity index (χ2v) is 3.37. The van der Waals surface area contributed by atoms with E-state index in [4.69, 9.17) is 15.9 Å². The molecule has 0 aromatic rings. The summed E-state index contributed by atoms with van der Waals surface area (Å²) in [6.45, 7) is 1.40. The first-order chi connectivity index (χ1) is 6.37. The maximum absolute atomic E-state index is 10.8. The van der Waals surface area contributed by atoms with Crippen molar-refractivity contribution in [3.05, 3.63) is 23.8 Å². The molecule has 76 valence electrons. The van der Waals surface area contributed by atoms with Crippen LogP contribution < -0.4 is 5.73 Å². The van der Waals surface area contributed by atoms with Gasteiger partial charge in [-0.1, -0.05) is 18.2 Å². The highest BCUT2D eigenvalue weighted by molar-refractivity contribution is 5.92. The Balaban J connectivity index is 3.13. The minimum atomic E-state index is -1.37. The van der Waals surface area contributed by atoms with Gasteiger partial charge in [-0.05, 0) is 6.92 Å². The van der Waals surface area contributed by atoms with Gasteiger partial charge >= 0.3 is 11.9 Å². The Labute approximate surface area is 80.5 Å². The minimum absolute atomic E-state index is 0.0904. The quantitative estimate of drug-likeness (QED) is 0.577. The van der Waals surface area contributed by atoms with Gasteiger partial charge < -0.3 is 15.9 Å². The van der Waals surface area contributed by atoms with Gasteiger partial charge in [0.05, 0.1) is 17.0 Å². The summed E-state index contributed by atoms with van der Waals surface area (Å²) in [7, 11) is 0. The first-order valence-corrected chi connectivity index (χ1v) is 4.01. The van der Waals surface area contributed by atoms with Gasteiger partial charge in [-0.25, -0.2) is 4.79 Å². The molecule has 5 heteroatoms. The Bertz CT molecular complexity index is 341. The summed E-state index contributed by atoms with van der Waals surface area (Å²) in [5.74, 6) is -3.32. The molecular weight excluding hydrogens is 186 g/mol. The van der Waals surface area contributed by atoms with E-state index in [1.54, 1.807) is 0 Å². The number of carbonyl (C=O) groups is 2. The zero-order valence-electron chi connectivity index (χ0n) is 7.60. The van der Waals surface area contributed by atoms with Crippen LogP contribution in [0, 0.1) is 5.92 Å². The third-order valence-corrected chi connectivity index (χ3v) is 2.29. The molecule has 0 saturated heterocycles. The van der Waals surface area contributed by atoms with Crippen molar-refractivity contribution in [2.24, 2.45) is 11.7 Å². The van der Waals surface area contributed by atoms with Crippen LogP contribution >= 0.6 is 0 Å². The lowest BCUT2D eigenvalue weighted by molar-refractivity contribution is -0.142. The molecule has 0 spiro atoms. The fourth-order valence-corrected chi connectivity index (χ4v) is 1.45. The third kappa shape index (κ3) is 1.54. The van der Waals surface area contributed by atoms with Crippen LogP contribution in [0.1, 0.15) is 6.92 Å². The molecule has 2 atom stereocenters. The molecule has 0 aromatic heterocycles. The normalized spacial score (nSPS) is 31.0. The van der Waals surface area contributed by atoms with E-state index in [9.17, 15) is 9.59 Å². The third-order valence-electron chi connectivity index (χ3n) is 2.29. The molecule has 0 aromatic carbocycles. The van der Waals surface area contributed by atoms with E-state index < -0.39 is 23.4 Å². The van der Waals surface area contributed by atoms with Gasteiger partial charge in [0.25, 0.3) is 0 Å². The van der Waals surface area contributed by atoms with Crippen molar-refractivity contribution in [1.29, 1.82) is 0 Å². The van der Waals surface area contributed by atoms with Crippen LogP contribution in [0.15, 0.2) is 23.8 Å². The van der Waals surface area contributed by atoms with Gasteiger partial charge in [-0.15, -0.1) is 0 Å². The monoisotopic (exact) mass is 197 g/mol. The van der Waals surface area contributed by atoms with Gasteiger partial charge in [0.1, 0.15) is 0 Å². The summed E-state index contributed by atoms with van der Waals surface area (Å²) in [6, 6.07) is 0. The van der Waals surface area contributed by atoms with E-state index in [-0.39, 0.29) is 5.57 Å². The van der Waals surface area contributed by atoms with Gasteiger partial charge in [0.2, 0.25) is 0 Å². The number of allylic oxidation sites excluding steroid dienone is 2. The molecule has 1 aliphatic rings. The van der Waals surface area contributed by atoms with Crippen LogP contribution in [-0.4, -0.2) is 27.7 Å². The van der Waals surface area contributed by atoms with Gasteiger partial charge in [0, 0.05) is 0 Å². The molecule has 0 radical (unpaired) electrons. The van der Waals surface area contributed by atoms with Crippen molar-refractivity contribution >= 4 is 11.9 Å². The van der Waals surface area contributed by atoms with E-state index >= 15 is 0 Å². The zero-order valence-corrected chi connectivity index (χ0v) is 7.60. The first-order valence-electron chi connectivity index (χ1n) is 4.01. The molecule has 0 saturated carbocycles. The Hall–Kier alpha value is -1.62. The van der Waals surface area contributed by atoms with Crippen molar-refractivity contribution in [2.75, 3.05) is 0 Å². The number of carboxylic acids is 2. The number of rotatable bonds is 2. The summed E-state index contributed by atoms with van der Waals surface area (Å²) in [5.41, 5.74) is 4.23. The molecule has 0 fully saturated rings. The topological polar surface area (TPSA) is 101 Å². The summed E-state index contributed by atoms with van der Waals surface area (Å²) in [4.78, 5) is 21.5. The predicted molar refractivity (Wildman–Crippen MR) is 48.6 cm³/mol. The standard InChI is InChI=1S/C9H11NO4/c1-9(10)5(7(11)12)3-2-4-6(9)8(13)14/h2-5H,10H2,1H3,(H,11,12)(H,13,14). The SMILES string of the molecule is CC1(N)C(C(=O)O)=CC=CC1C(=O)O. The molecule has 0 heterocycles. The summed E-state index contributed by atoms with van der Waals surface area (Å²) < 4.78 is 0. The van der Waals surface area contributed by atoms with Gasteiger partial charge in [0.15, 0.2) is 0 Å². The number of hydrogen-bond donors (Lipinski definition) is 3. The highest BCUT2D eigenvalue weighted by Crippen LogP contribution is 2.28. The predicted octanol–water partition coefficient (Wildman–Crippen LogP) is -0.0146. The first kappa shape index (κ1) is 10.5. The van der Waals surface area contributed by atoms with E-state index in [0.29, 0.717) is 0 Å². The fourth-order valence-electron chi connectivity index (χ4n) is 1.45. The maximum atomic E-state index is 10.8. The van der Waals surface area contributed by atoms with Crippen molar-refractivity contribution in [3.63, 3.8) is 0 Å². The van der Waals surface area contributed by atoms with Crippen LogP contribution in [0.3, 0.4) is 0 Å². The number of nitrogens with two attached hydrogens (primary N) is 1. The van der Waals surface area contributed by atoms with Gasteiger partial charge in [-0.2, -0.15) is 0 Å². The lowest BCUT2D eigenvalue weighted by atomic mass is 9.77. The second-order valence-electron chi connectivity index (χ2n) is 3.37.